The number of aryl methyl sites for hydroxylation is 1. The van der Waals surface area contributed by atoms with Crippen molar-refractivity contribution in [2.45, 2.75) is 26.2 Å². The lowest BCUT2D eigenvalue weighted by atomic mass is 10.1. The molecule has 3 rings (SSSR count). The second-order valence-corrected chi connectivity index (χ2v) is 5.42. The molecule has 116 valence electrons. The molecule has 5 heteroatoms. The van der Waals surface area contributed by atoms with Crippen LogP contribution in [0.25, 0.3) is 22.2 Å². The SMILES string of the molecule is CCCCc1nc(-c2ccccc2)c2cc([N+](=O)[O-])ccc2n1. The maximum Gasteiger partial charge on any atom is 0.270 e. The summed E-state index contributed by atoms with van der Waals surface area (Å²) in [6.07, 6.45) is 2.90. The van der Waals surface area contributed by atoms with Crippen molar-refractivity contribution in [2.75, 3.05) is 0 Å². The summed E-state index contributed by atoms with van der Waals surface area (Å²) in [6.45, 7) is 2.13. The zero-order valence-electron chi connectivity index (χ0n) is 12.9. The van der Waals surface area contributed by atoms with Gasteiger partial charge in [-0.3, -0.25) is 10.1 Å². The van der Waals surface area contributed by atoms with Gasteiger partial charge >= 0.3 is 0 Å². The minimum Gasteiger partial charge on any atom is -0.258 e. The molecule has 0 fully saturated rings. The number of fused-ring (bicyclic) bond motifs is 1. The maximum atomic E-state index is 11.1. The largest absolute Gasteiger partial charge is 0.270 e. The summed E-state index contributed by atoms with van der Waals surface area (Å²) < 4.78 is 0. The highest BCUT2D eigenvalue weighted by atomic mass is 16.6. The Morgan fingerprint density at radius 3 is 2.57 bits per heavy atom. The first-order chi connectivity index (χ1) is 11.2. The van der Waals surface area contributed by atoms with Crippen LogP contribution in [0.4, 0.5) is 5.69 Å². The number of benzene rings is 2. The number of unbranched alkanes of at least 4 members (excludes halogenated alkanes) is 1. The molecule has 0 N–H and O–H groups in total. The summed E-state index contributed by atoms with van der Waals surface area (Å²) in [6, 6.07) is 14.5. The number of nitrogens with zero attached hydrogens (tertiary/aromatic N) is 3. The molecule has 0 amide bonds. The lowest BCUT2D eigenvalue weighted by Crippen LogP contribution is -2.00. The second kappa shape index (κ2) is 6.52. The van der Waals surface area contributed by atoms with E-state index in [0.717, 1.165) is 41.9 Å². The van der Waals surface area contributed by atoms with E-state index in [9.17, 15) is 10.1 Å². The van der Waals surface area contributed by atoms with Crippen molar-refractivity contribution in [3.05, 3.63) is 64.5 Å². The molecule has 1 aromatic heterocycles. The minimum atomic E-state index is -0.390. The van der Waals surface area contributed by atoms with Crippen molar-refractivity contribution in [2.24, 2.45) is 0 Å². The average molecular weight is 307 g/mol. The first-order valence-electron chi connectivity index (χ1n) is 7.69. The number of non-ortho nitro benzene ring substituents is 1. The Labute approximate surface area is 134 Å². The molecule has 0 saturated carbocycles. The van der Waals surface area contributed by atoms with Crippen LogP contribution in [0.15, 0.2) is 48.5 Å². The fourth-order valence-corrected chi connectivity index (χ4v) is 2.54. The van der Waals surface area contributed by atoms with Crippen molar-refractivity contribution in [1.82, 2.24) is 9.97 Å². The van der Waals surface area contributed by atoms with E-state index < -0.39 is 0 Å². The highest BCUT2D eigenvalue weighted by molar-refractivity contribution is 5.93. The zero-order valence-corrected chi connectivity index (χ0v) is 12.9. The van der Waals surface area contributed by atoms with Gasteiger partial charge in [-0.1, -0.05) is 43.7 Å². The Morgan fingerprint density at radius 2 is 1.87 bits per heavy atom. The molecule has 0 atom stereocenters. The number of rotatable bonds is 5. The summed E-state index contributed by atoms with van der Waals surface area (Å²) in [5.41, 5.74) is 2.50. The van der Waals surface area contributed by atoms with Crippen molar-refractivity contribution < 1.29 is 4.92 Å². The van der Waals surface area contributed by atoms with E-state index >= 15 is 0 Å². The van der Waals surface area contributed by atoms with Gasteiger partial charge in [0, 0.05) is 29.5 Å². The third-order valence-electron chi connectivity index (χ3n) is 3.74. The Hall–Kier alpha value is -2.82. The lowest BCUT2D eigenvalue weighted by molar-refractivity contribution is -0.384. The van der Waals surface area contributed by atoms with Gasteiger partial charge in [0.15, 0.2) is 0 Å². The van der Waals surface area contributed by atoms with Gasteiger partial charge in [0.25, 0.3) is 5.69 Å². The highest BCUT2D eigenvalue weighted by Crippen LogP contribution is 2.29. The predicted octanol–water partition coefficient (Wildman–Crippen LogP) is 4.55. The van der Waals surface area contributed by atoms with E-state index in [1.807, 2.05) is 30.3 Å². The molecule has 0 bridgehead atoms. The maximum absolute atomic E-state index is 11.1. The van der Waals surface area contributed by atoms with E-state index in [2.05, 4.69) is 16.9 Å². The molecular weight excluding hydrogens is 290 g/mol. The van der Waals surface area contributed by atoms with Crippen LogP contribution < -0.4 is 0 Å². The summed E-state index contributed by atoms with van der Waals surface area (Å²) in [7, 11) is 0. The van der Waals surface area contributed by atoms with Gasteiger partial charge < -0.3 is 0 Å². The fourth-order valence-electron chi connectivity index (χ4n) is 2.54. The first-order valence-corrected chi connectivity index (χ1v) is 7.69. The molecule has 5 nitrogen and oxygen atoms in total. The van der Waals surface area contributed by atoms with Gasteiger partial charge in [0.1, 0.15) is 5.82 Å². The van der Waals surface area contributed by atoms with Gasteiger partial charge in [0.05, 0.1) is 16.1 Å². The van der Waals surface area contributed by atoms with E-state index in [0.29, 0.717) is 5.39 Å². The number of hydrogen-bond acceptors (Lipinski definition) is 4. The molecule has 0 aliphatic heterocycles. The monoisotopic (exact) mass is 307 g/mol. The Balaban J connectivity index is 2.23. The van der Waals surface area contributed by atoms with E-state index in [-0.39, 0.29) is 10.6 Å². The van der Waals surface area contributed by atoms with Crippen molar-refractivity contribution in [3.8, 4) is 11.3 Å². The Morgan fingerprint density at radius 1 is 1.09 bits per heavy atom. The number of nitro benzene ring substituents is 1. The number of nitro groups is 1. The molecule has 0 spiro atoms. The van der Waals surface area contributed by atoms with Crippen LogP contribution in [-0.2, 0) is 6.42 Å². The predicted molar refractivity (Wildman–Crippen MR) is 90.2 cm³/mol. The molecule has 0 aliphatic carbocycles. The van der Waals surface area contributed by atoms with Gasteiger partial charge in [-0.15, -0.1) is 0 Å². The molecule has 3 aromatic rings. The number of hydrogen-bond donors (Lipinski definition) is 0. The molecule has 0 aliphatic rings. The first kappa shape index (κ1) is 15.1. The normalized spacial score (nSPS) is 10.8. The van der Waals surface area contributed by atoms with Crippen molar-refractivity contribution in [1.29, 1.82) is 0 Å². The van der Waals surface area contributed by atoms with Crippen LogP contribution in [0.5, 0.6) is 0 Å². The van der Waals surface area contributed by atoms with Gasteiger partial charge in [-0.2, -0.15) is 0 Å². The topological polar surface area (TPSA) is 68.9 Å². The third-order valence-corrected chi connectivity index (χ3v) is 3.74. The molecular formula is C18H17N3O2. The molecule has 0 saturated heterocycles. The van der Waals surface area contributed by atoms with Crippen molar-refractivity contribution in [3.63, 3.8) is 0 Å². The smallest absolute Gasteiger partial charge is 0.258 e. The summed E-state index contributed by atoms with van der Waals surface area (Å²) in [4.78, 5) is 19.9. The average Bonchev–Trinajstić information content (AvgIpc) is 2.59. The summed E-state index contributed by atoms with van der Waals surface area (Å²) in [5, 5.41) is 11.8. The number of aromatic nitrogens is 2. The van der Waals surface area contributed by atoms with Crippen LogP contribution in [0.1, 0.15) is 25.6 Å². The van der Waals surface area contributed by atoms with Gasteiger partial charge in [0.2, 0.25) is 0 Å². The Kier molecular flexibility index (Phi) is 4.28. The van der Waals surface area contributed by atoms with Crippen LogP contribution in [-0.4, -0.2) is 14.9 Å². The summed E-state index contributed by atoms with van der Waals surface area (Å²) >= 11 is 0. The molecule has 23 heavy (non-hydrogen) atoms. The van der Waals surface area contributed by atoms with Gasteiger partial charge in [-0.05, 0) is 12.5 Å². The minimum absolute atomic E-state index is 0.0552. The molecule has 0 unspecified atom stereocenters. The van der Waals surface area contributed by atoms with E-state index in [1.54, 1.807) is 12.1 Å². The Bertz CT molecular complexity index is 848. The van der Waals surface area contributed by atoms with Crippen LogP contribution in [0, 0.1) is 10.1 Å². The van der Waals surface area contributed by atoms with Crippen molar-refractivity contribution >= 4 is 16.6 Å². The van der Waals surface area contributed by atoms with E-state index in [1.165, 1.54) is 6.07 Å². The standard InChI is InChI=1S/C18H17N3O2/c1-2-3-9-17-19-16-11-10-14(21(22)23)12-15(16)18(20-17)13-7-5-4-6-8-13/h4-8,10-12H,2-3,9H2,1H3. The van der Waals surface area contributed by atoms with E-state index in [4.69, 9.17) is 0 Å². The molecule has 1 heterocycles. The van der Waals surface area contributed by atoms with Crippen LogP contribution in [0.3, 0.4) is 0 Å². The molecule has 0 radical (unpaired) electrons. The quantitative estimate of drug-likeness (QED) is 0.512. The highest BCUT2D eigenvalue weighted by Gasteiger charge is 2.14. The summed E-state index contributed by atoms with van der Waals surface area (Å²) in [5.74, 6) is 0.784. The van der Waals surface area contributed by atoms with Gasteiger partial charge in [-0.25, -0.2) is 9.97 Å². The third kappa shape index (κ3) is 3.18. The van der Waals surface area contributed by atoms with Crippen LogP contribution in [0.2, 0.25) is 0 Å². The molecule has 2 aromatic carbocycles. The zero-order chi connectivity index (χ0) is 16.2. The fraction of sp³-hybridized carbons (Fsp3) is 0.222. The second-order valence-electron chi connectivity index (χ2n) is 5.42. The van der Waals surface area contributed by atoms with Crippen LogP contribution >= 0.6 is 0 Å². The lowest BCUT2D eigenvalue weighted by Gasteiger charge is -2.09.